The van der Waals surface area contributed by atoms with Crippen molar-refractivity contribution in [3.8, 4) is 0 Å². The van der Waals surface area contributed by atoms with Crippen LogP contribution in [0.1, 0.15) is 33.6 Å². The number of rotatable bonds is 5. The van der Waals surface area contributed by atoms with Gasteiger partial charge in [0.15, 0.2) is 5.03 Å². The Hall–Kier alpha value is -1.45. The number of carbonyl (C=O) groups is 1. The van der Waals surface area contributed by atoms with Gasteiger partial charge in [-0.15, -0.1) is 0 Å². The summed E-state index contributed by atoms with van der Waals surface area (Å²) in [6, 6.07) is 0. The van der Waals surface area contributed by atoms with Crippen LogP contribution in [-0.4, -0.2) is 57.1 Å². The van der Waals surface area contributed by atoms with Crippen molar-refractivity contribution in [2.45, 2.75) is 50.8 Å². The summed E-state index contributed by atoms with van der Waals surface area (Å²) in [7, 11) is -3.72. The molecule has 130 valence electrons. The molecule has 0 aliphatic carbocycles. The van der Waals surface area contributed by atoms with Crippen molar-refractivity contribution in [3.05, 3.63) is 12.5 Å². The Morgan fingerprint density at radius 1 is 1.39 bits per heavy atom. The highest BCUT2D eigenvalue weighted by Crippen LogP contribution is 2.40. The lowest BCUT2D eigenvalue weighted by Gasteiger charge is -2.44. The molecular weight excluding hydrogens is 322 g/mol. The van der Waals surface area contributed by atoms with Gasteiger partial charge < -0.3 is 14.8 Å². The highest BCUT2D eigenvalue weighted by molar-refractivity contribution is 7.89. The van der Waals surface area contributed by atoms with Crippen molar-refractivity contribution in [2.24, 2.45) is 5.41 Å². The first-order valence-corrected chi connectivity index (χ1v) is 8.96. The number of aliphatic hydroxyl groups is 1. The lowest BCUT2D eigenvalue weighted by molar-refractivity contribution is -0.169. The van der Waals surface area contributed by atoms with Crippen molar-refractivity contribution in [1.29, 1.82) is 0 Å². The minimum atomic E-state index is -3.72. The average Bonchev–Trinajstić information content (AvgIpc) is 2.97. The van der Waals surface area contributed by atoms with Crippen LogP contribution in [0.3, 0.4) is 0 Å². The molecule has 0 aromatic carbocycles. The van der Waals surface area contributed by atoms with Crippen LogP contribution in [0.2, 0.25) is 0 Å². The Balaban J connectivity index is 2.17. The summed E-state index contributed by atoms with van der Waals surface area (Å²) in [5.41, 5.74) is -2.78. The van der Waals surface area contributed by atoms with E-state index in [2.05, 4.69) is 4.98 Å². The number of aliphatic carboxylic acids is 1. The Labute approximate surface area is 135 Å². The summed E-state index contributed by atoms with van der Waals surface area (Å²) in [4.78, 5) is 15.3. The first kappa shape index (κ1) is 17.9. The van der Waals surface area contributed by atoms with Gasteiger partial charge in [0, 0.05) is 25.8 Å². The van der Waals surface area contributed by atoms with Gasteiger partial charge in [-0.2, -0.15) is 4.31 Å². The molecule has 0 bridgehead atoms. The Kier molecular flexibility index (Phi) is 4.57. The summed E-state index contributed by atoms with van der Waals surface area (Å²) in [6.45, 7) is 5.55. The number of hydrogen-bond acceptors (Lipinski definition) is 5. The fourth-order valence-electron chi connectivity index (χ4n) is 2.70. The van der Waals surface area contributed by atoms with Gasteiger partial charge in [-0.05, 0) is 33.6 Å². The second-order valence-corrected chi connectivity index (χ2v) is 8.29. The van der Waals surface area contributed by atoms with Gasteiger partial charge in [0.05, 0.1) is 17.3 Å². The molecule has 1 saturated heterocycles. The zero-order valence-corrected chi connectivity index (χ0v) is 14.4. The first-order valence-electron chi connectivity index (χ1n) is 7.52. The number of imidazole rings is 1. The maximum Gasteiger partial charge on any atom is 0.312 e. The van der Waals surface area contributed by atoms with Gasteiger partial charge in [-0.3, -0.25) is 4.79 Å². The predicted octanol–water partition coefficient (Wildman–Crippen LogP) is 0.529. The number of piperidine rings is 1. The largest absolute Gasteiger partial charge is 0.481 e. The van der Waals surface area contributed by atoms with E-state index in [0.29, 0.717) is 6.54 Å². The van der Waals surface area contributed by atoms with Crippen LogP contribution in [0.5, 0.6) is 0 Å². The summed E-state index contributed by atoms with van der Waals surface area (Å²) in [5, 5.41) is 19.9. The third-order valence-electron chi connectivity index (χ3n) is 4.83. The third-order valence-corrected chi connectivity index (χ3v) is 6.61. The minimum Gasteiger partial charge on any atom is -0.481 e. The number of carboxylic acid groups (broad SMARTS) is 1. The van der Waals surface area contributed by atoms with E-state index in [-0.39, 0.29) is 31.0 Å². The van der Waals surface area contributed by atoms with Crippen molar-refractivity contribution < 1.29 is 23.4 Å². The summed E-state index contributed by atoms with van der Waals surface area (Å²) >= 11 is 0. The quantitative estimate of drug-likeness (QED) is 0.805. The molecule has 0 amide bonds. The van der Waals surface area contributed by atoms with E-state index in [1.807, 2.05) is 6.92 Å². The molecule has 8 nitrogen and oxygen atoms in total. The minimum absolute atomic E-state index is 0.0257. The average molecular weight is 345 g/mol. The van der Waals surface area contributed by atoms with E-state index in [9.17, 15) is 23.4 Å². The highest BCUT2D eigenvalue weighted by atomic mass is 32.2. The summed E-state index contributed by atoms with van der Waals surface area (Å²) in [5.74, 6) is -1.10. The Morgan fingerprint density at radius 3 is 2.39 bits per heavy atom. The van der Waals surface area contributed by atoms with Crippen LogP contribution in [0.15, 0.2) is 17.6 Å². The second-order valence-electron chi connectivity index (χ2n) is 6.41. The fourth-order valence-corrected chi connectivity index (χ4v) is 4.08. The molecule has 9 heteroatoms. The first-order chi connectivity index (χ1) is 10.5. The maximum absolute atomic E-state index is 12.6. The standard InChI is InChI=1S/C14H23N3O5S/c1-4-16-9-11(15-10-16)23(21,22)17-7-5-14(20,6-8-17)13(2,3)12(18)19/h9-10,20H,4-8H2,1-3H3,(H,18,19). The monoisotopic (exact) mass is 345 g/mol. The Bertz CT molecular complexity index is 687. The molecule has 1 aliphatic rings. The second kappa shape index (κ2) is 5.88. The molecule has 0 radical (unpaired) electrons. The van der Waals surface area contributed by atoms with Crippen molar-refractivity contribution in [1.82, 2.24) is 13.9 Å². The van der Waals surface area contributed by atoms with E-state index >= 15 is 0 Å². The van der Waals surface area contributed by atoms with E-state index in [1.165, 1.54) is 30.7 Å². The highest BCUT2D eigenvalue weighted by Gasteiger charge is 2.51. The van der Waals surface area contributed by atoms with E-state index < -0.39 is 27.0 Å². The zero-order valence-electron chi connectivity index (χ0n) is 13.6. The van der Waals surface area contributed by atoms with Gasteiger partial charge in [-0.25, -0.2) is 13.4 Å². The van der Waals surface area contributed by atoms with Gasteiger partial charge in [0.1, 0.15) is 0 Å². The van der Waals surface area contributed by atoms with Crippen LogP contribution in [0, 0.1) is 5.41 Å². The number of nitrogens with zero attached hydrogens (tertiary/aromatic N) is 3. The number of aryl methyl sites for hydroxylation is 1. The number of carboxylic acids is 1. The Morgan fingerprint density at radius 2 is 1.96 bits per heavy atom. The third kappa shape index (κ3) is 3.00. The number of aromatic nitrogens is 2. The van der Waals surface area contributed by atoms with Gasteiger partial charge in [-0.1, -0.05) is 0 Å². The molecule has 23 heavy (non-hydrogen) atoms. The van der Waals surface area contributed by atoms with Crippen LogP contribution in [0.25, 0.3) is 0 Å². The molecule has 1 aliphatic heterocycles. The normalized spacial score (nSPS) is 19.7. The van der Waals surface area contributed by atoms with Crippen molar-refractivity contribution in [3.63, 3.8) is 0 Å². The molecule has 0 saturated carbocycles. The van der Waals surface area contributed by atoms with Crippen LogP contribution >= 0.6 is 0 Å². The van der Waals surface area contributed by atoms with E-state index in [4.69, 9.17) is 0 Å². The lowest BCUT2D eigenvalue weighted by Crippen LogP contribution is -2.56. The molecule has 2 rings (SSSR count). The van der Waals surface area contributed by atoms with E-state index in [0.717, 1.165) is 0 Å². The molecule has 1 aromatic heterocycles. The lowest BCUT2D eigenvalue weighted by atomic mass is 9.70. The van der Waals surface area contributed by atoms with Gasteiger partial charge in [0.2, 0.25) is 0 Å². The van der Waals surface area contributed by atoms with Crippen LogP contribution < -0.4 is 0 Å². The zero-order chi connectivity index (χ0) is 17.5. The topological polar surface area (TPSA) is 113 Å². The molecule has 0 atom stereocenters. The molecule has 0 unspecified atom stereocenters. The molecule has 0 spiro atoms. The van der Waals surface area contributed by atoms with Crippen LogP contribution in [-0.2, 0) is 21.4 Å². The van der Waals surface area contributed by atoms with Gasteiger partial charge >= 0.3 is 5.97 Å². The van der Waals surface area contributed by atoms with E-state index in [1.54, 1.807) is 4.57 Å². The molecule has 2 N–H and O–H groups in total. The number of sulfonamides is 1. The molecule has 1 fully saturated rings. The smallest absolute Gasteiger partial charge is 0.312 e. The summed E-state index contributed by atoms with van der Waals surface area (Å²) < 4.78 is 28.0. The summed E-state index contributed by atoms with van der Waals surface area (Å²) in [6.07, 6.45) is 3.07. The maximum atomic E-state index is 12.6. The van der Waals surface area contributed by atoms with Crippen molar-refractivity contribution >= 4 is 16.0 Å². The van der Waals surface area contributed by atoms with Crippen molar-refractivity contribution in [2.75, 3.05) is 13.1 Å². The molecular formula is C14H23N3O5S. The molecule has 1 aromatic rings. The fraction of sp³-hybridized carbons (Fsp3) is 0.714. The number of hydrogen-bond donors (Lipinski definition) is 2. The molecule has 2 heterocycles. The predicted molar refractivity (Wildman–Crippen MR) is 82.3 cm³/mol. The SMILES string of the molecule is CCn1cnc(S(=O)(=O)N2CCC(O)(C(C)(C)C(=O)O)CC2)c1. The van der Waals surface area contributed by atoms with Crippen LogP contribution in [0.4, 0.5) is 0 Å². The van der Waals surface area contributed by atoms with Gasteiger partial charge in [0.25, 0.3) is 10.0 Å².